The van der Waals surface area contributed by atoms with Gasteiger partial charge in [-0.25, -0.2) is 27.2 Å². The highest BCUT2D eigenvalue weighted by molar-refractivity contribution is 7.92. The summed E-state index contributed by atoms with van der Waals surface area (Å²) < 4.78 is 58.6. The highest BCUT2D eigenvalue weighted by Gasteiger charge is 2.15. The van der Waals surface area contributed by atoms with Crippen molar-refractivity contribution in [3.8, 4) is 17.1 Å². The lowest BCUT2D eigenvalue weighted by Gasteiger charge is -2.11. The third kappa shape index (κ3) is 4.95. The van der Waals surface area contributed by atoms with Crippen molar-refractivity contribution in [2.75, 3.05) is 16.2 Å². The Labute approximate surface area is 176 Å². The molecule has 0 aliphatic heterocycles. The van der Waals surface area contributed by atoms with E-state index in [1.165, 1.54) is 13.1 Å². The molecule has 0 saturated heterocycles. The van der Waals surface area contributed by atoms with Gasteiger partial charge in [0.05, 0.1) is 22.7 Å². The Morgan fingerprint density at radius 2 is 1.80 bits per heavy atom. The third-order valence-corrected chi connectivity index (χ3v) is 5.81. The van der Waals surface area contributed by atoms with Crippen LogP contribution >= 0.6 is 11.6 Å². The molecule has 3 rings (SSSR count). The Kier molecular flexibility index (Phi) is 6.37. The van der Waals surface area contributed by atoms with Gasteiger partial charge < -0.3 is 10.5 Å². The summed E-state index contributed by atoms with van der Waals surface area (Å²) in [6.07, 6.45) is 1.41. The van der Waals surface area contributed by atoms with Crippen molar-refractivity contribution in [1.82, 2.24) is 9.97 Å². The normalized spacial score (nSPS) is 11.3. The Bertz CT molecular complexity index is 1180. The number of sulfonamides is 1. The fourth-order valence-electron chi connectivity index (χ4n) is 2.43. The smallest absolute Gasteiger partial charge is 0.258 e. The summed E-state index contributed by atoms with van der Waals surface area (Å²) in [5, 5.41) is -0.386. The molecule has 3 N–H and O–H groups in total. The van der Waals surface area contributed by atoms with E-state index in [4.69, 9.17) is 22.1 Å². The average molecular weight is 455 g/mol. The van der Waals surface area contributed by atoms with Gasteiger partial charge >= 0.3 is 0 Å². The molecule has 0 unspecified atom stereocenters. The number of hydrogen-bond donors (Lipinski definition) is 2. The molecule has 0 amide bonds. The Hall–Kier alpha value is -2.98. The van der Waals surface area contributed by atoms with Crippen molar-refractivity contribution in [3.63, 3.8) is 0 Å². The molecule has 2 aromatic carbocycles. The minimum Gasteiger partial charge on any atom is -0.470 e. The summed E-state index contributed by atoms with van der Waals surface area (Å²) >= 11 is 5.79. The van der Waals surface area contributed by atoms with Crippen LogP contribution in [-0.4, -0.2) is 24.1 Å². The van der Waals surface area contributed by atoms with Gasteiger partial charge in [-0.05, 0) is 31.2 Å². The molecule has 0 atom stereocenters. The maximum Gasteiger partial charge on any atom is 0.258 e. The lowest BCUT2D eigenvalue weighted by molar-refractivity contribution is 0.288. The first kappa shape index (κ1) is 21.7. The van der Waals surface area contributed by atoms with Gasteiger partial charge in [-0.1, -0.05) is 23.7 Å². The number of rotatable bonds is 7. The SMILES string of the molecule is CCS(=O)(=O)Nc1ccc(-c2cnc(N)c(OCc3c(F)ccc(F)c3Cl)n2)cc1. The molecule has 1 aromatic heterocycles. The molecule has 0 radical (unpaired) electrons. The van der Waals surface area contributed by atoms with E-state index in [-0.39, 0.29) is 28.0 Å². The van der Waals surface area contributed by atoms with E-state index in [2.05, 4.69) is 14.7 Å². The number of aromatic nitrogens is 2. The van der Waals surface area contributed by atoms with Crippen LogP contribution in [0.1, 0.15) is 12.5 Å². The fourth-order valence-corrected chi connectivity index (χ4v) is 3.28. The van der Waals surface area contributed by atoms with Gasteiger partial charge in [0.1, 0.15) is 18.2 Å². The second-order valence-corrected chi connectivity index (χ2v) is 8.53. The monoisotopic (exact) mass is 454 g/mol. The van der Waals surface area contributed by atoms with Crippen molar-refractivity contribution < 1.29 is 21.9 Å². The van der Waals surface area contributed by atoms with E-state index in [0.717, 1.165) is 12.1 Å². The van der Waals surface area contributed by atoms with E-state index >= 15 is 0 Å². The van der Waals surface area contributed by atoms with Crippen LogP contribution in [0.4, 0.5) is 20.3 Å². The highest BCUT2D eigenvalue weighted by atomic mass is 35.5. The maximum atomic E-state index is 13.9. The van der Waals surface area contributed by atoms with Crippen LogP contribution in [0.25, 0.3) is 11.3 Å². The number of anilines is 2. The average Bonchev–Trinajstić information content (AvgIpc) is 2.72. The van der Waals surface area contributed by atoms with Gasteiger partial charge in [0.2, 0.25) is 10.0 Å². The van der Waals surface area contributed by atoms with Crippen LogP contribution in [0.15, 0.2) is 42.6 Å². The Morgan fingerprint density at radius 3 is 2.47 bits per heavy atom. The van der Waals surface area contributed by atoms with Crippen molar-refractivity contribution in [1.29, 1.82) is 0 Å². The fraction of sp³-hybridized carbons (Fsp3) is 0.158. The molecule has 0 saturated carbocycles. The van der Waals surface area contributed by atoms with Gasteiger partial charge in [0.25, 0.3) is 5.88 Å². The van der Waals surface area contributed by atoms with Crippen LogP contribution in [0, 0.1) is 11.6 Å². The van der Waals surface area contributed by atoms with E-state index in [0.29, 0.717) is 16.9 Å². The van der Waals surface area contributed by atoms with Crippen molar-refractivity contribution >= 4 is 33.1 Å². The number of nitrogens with zero attached hydrogens (tertiary/aromatic N) is 2. The van der Waals surface area contributed by atoms with Gasteiger partial charge in [-0.3, -0.25) is 4.72 Å². The van der Waals surface area contributed by atoms with Gasteiger partial charge in [0, 0.05) is 16.8 Å². The summed E-state index contributed by atoms with van der Waals surface area (Å²) in [7, 11) is -3.39. The number of nitrogens with one attached hydrogen (secondary N) is 1. The zero-order valence-corrected chi connectivity index (χ0v) is 17.3. The number of halogens is 3. The van der Waals surface area contributed by atoms with Crippen molar-refractivity contribution in [3.05, 3.63) is 64.8 Å². The number of hydrogen-bond acceptors (Lipinski definition) is 6. The van der Waals surface area contributed by atoms with Gasteiger partial charge in [-0.15, -0.1) is 0 Å². The Balaban J connectivity index is 1.81. The standard InChI is InChI=1S/C19H17ClF2N4O3S/c1-2-30(27,28)26-12-5-3-11(4-6-12)16-9-24-18(23)19(25-16)29-10-13-14(21)7-8-15(22)17(13)20/h3-9,26H,2,10H2,1H3,(H2,23,24). The predicted octanol–water partition coefficient (Wildman–Crippen LogP) is 4.00. The van der Waals surface area contributed by atoms with Gasteiger partial charge in [0.15, 0.2) is 5.82 Å². The molecule has 3 aromatic rings. The predicted molar refractivity (Wildman–Crippen MR) is 111 cm³/mol. The summed E-state index contributed by atoms with van der Waals surface area (Å²) in [5.41, 5.74) is 7.00. The molecule has 30 heavy (non-hydrogen) atoms. The molecule has 0 aliphatic carbocycles. The van der Waals surface area contributed by atoms with Gasteiger partial charge in [-0.2, -0.15) is 0 Å². The number of nitrogen functional groups attached to an aromatic ring is 1. The molecular weight excluding hydrogens is 438 g/mol. The van der Waals surface area contributed by atoms with E-state index < -0.39 is 28.3 Å². The van der Waals surface area contributed by atoms with E-state index in [1.54, 1.807) is 24.3 Å². The highest BCUT2D eigenvalue weighted by Crippen LogP contribution is 2.27. The molecular formula is C19H17ClF2N4O3S. The first-order valence-electron chi connectivity index (χ1n) is 8.68. The molecule has 0 aliphatic rings. The first-order chi connectivity index (χ1) is 14.2. The molecule has 1 heterocycles. The lowest BCUT2D eigenvalue weighted by atomic mass is 10.1. The third-order valence-electron chi connectivity index (χ3n) is 4.09. The summed E-state index contributed by atoms with van der Waals surface area (Å²) in [6, 6.07) is 8.28. The molecule has 0 bridgehead atoms. The molecule has 0 fully saturated rings. The van der Waals surface area contributed by atoms with Crippen LogP contribution in [-0.2, 0) is 16.6 Å². The number of nitrogens with two attached hydrogens (primary N) is 1. The largest absolute Gasteiger partial charge is 0.470 e. The number of ether oxygens (including phenoxy) is 1. The lowest BCUT2D eigenvalue weighted by Crippen LogP contribution is -2.14. The van der Waals surface area contributed by atoms with Crippen molar-refractivity contribution in [2.24, 2.45) is 0 Å². The zero-order valence-electron chi connectivity index (χ0n) is 15.7. The molecule has 0 spiro atoms. The van der Waals surface area contributed by atoms with Crippen LogP contribution in [0.2, 0.25) is 5.02 Å². The van der Waals surface area contributed by atoms with Crippen LogP contribution in [0.5, 0.6) is 5.88 Å². The summed E-state index contributed by atoms with van der Waals surface area (Å²) in [5.74, 6) is -1.67. The topological polar surface area (TPSA) is 107 Å². The Morgan fingerprint density at radius 1 is 1.13 bits per heavy atom. The van der Waals surface area contributed by atoms with E-state index in [9.17, 15) is 17.2 Å². The molecule has 11 heteroatoms. The zero-order chi connectivity index (χ0) is 21.9. The quantitative estimate of drug-likeness (QED) is 0.522. The van der Waals surface area contributed by atoms with Crippen LogP contribution in [0.3, 0.4) is 0 Å². The summed E-state index contributed by atoms with van der Waals surface area (Å²) in [4.78, 5) is 8.26. The number of benzene rings is 2. The minimum absolute atomic E-state index is 0.0426. The second-order valence-electron chi connectivity index (χ2n) is 6.14. The minimum atomic E-state index is -3.39. The molecule has 7 nitrogen and oxygen atoms in total. The maximum absolute atomic E-state index is 13.9. The first-order valence-corrected chi connectivity index (χ1v) is 10.7. The van der Waals surface area contributed by atoms with Crippen LogP contribution < -0.4 is 15.2 Å². The summed E-state index contributed by atoms with van der Waals surface area (Å²) in [6.45, 7) is 1.13. The molecule has 158 valence electrons. The van der Waals surface area contributed by atoms with E-state index in [1.807, 2.05) is 0 Å². The van der Waals surface area contributed by atoms with Crippen molar-refractivity contribution in [2.45, 2.75) is 13.5 Å². The second kappa shape index (κ2) is 8.80.